The first-order valence-electron chi connectivity index (χ1n) is 6.33. The van der Waals surface area contributed by atoms with Gasteiger partial charge in [-0.05, 0) is 18.6 Å². The lowest BCUT2D eigenvalue weighted by atomic mass is 10.2. The Balaban J connectivity index is 2.07. The Morgan fingerprint density at radius 1 is 1.37 bits per heavy atom. The monoisotopic (exact) mass is 253 g/mol. The van der Waals surface area contributed by atoms with Gasteiger partial charge in [-0.25, -0.2) is 4.79 Å². The fraction of sp³-hybridized carbons (Fsp3) is 0.250. The van der Waals surface area contributed by atoms with Crippen LogP contribution in [-0.2, 0) is 9.53 Å². The van der Waals surface area contributed by atoms with Crippen LogP contribution in [0.25, 0.3) is 10.9 Å². The van der Waals surface area contributed by atoms with Crippen LogP contribution in [0.2, 0.25) is 0 Å². The molecule has 0 unspecified atom stereocenters. The van der Waals surface area contributed by atoms with E-state index in [2.05, 4.69) is 16.8 Å². The Bertz CT molecular complexity index is 638. The average Bonchev–Trinajstić information content (AvgIpc) is 2.45. The summed E-state index contributed by atoms with van der Waals surface area (Å²) in [6.45, 7) is 2.47. The second-order valence-corrected chi connectivity index (χ2v) is 4.16. The summed E-state index contributed by atoms with van der Waals surface area (Å²) in [5.41, 5.74) is 1.63. The van der Waals surface area contributed by atoms with Crippen molar-refractivity contribution < 1.29 is 9.53 Å². The molecule has 1 aromatic heterocycles. The molecular weight excluding hydrogens is 238 g/mol. The van der Waals surface area contributed by atoms with E-state index in [4.69, 9.17) is 4.74 Å². The number of nitrogens with zero attached hydrogens (tertiary/aromatic N) is 1. The summed E-state index contributed by atoms with van der Waals surface area (Å²) in [5.74, 6) is 4.76. The number of pyridine rings is 1. The molecule has 2 aromatic rings. The van der Waals surface area contributed by atoms with Crippen LogP contribution in [0.4, 0.5) is 0 Å². The molecule has 0 atom stereocenters. The summed E-state index contributed by atoms with van der Waals surface area (Å²) in [5, 5.41) is 1.01. The minimum absolute atomic E-state index is 0.431. The Morgan fingerprint density at radius 2 is 2.21 bits per heavy atom. The van der Waals surface area contributed by atoms with Gasteiger partial charge in [-0.3, -0.25) is 4.98 Å². The number of unbranched alkanes of at least 4 members (excludes halogenated alkanes) is 1. The zero-order chi connectivity index (χ0) is 13.5. The van der Waals surface area contributed by atoms with Gasteiger partial charge in [0.15, 0.2) is 0 Å². The molecule has 0 saturated heterocycles. The first kappa shape index (κ1) is 13.1. The maximum Gasteiger partial charge on any atom is 0.384 e. The van der Waals surface area contributed by atoms with Crippen molar-refractivity contribution in [1.82, 2.24) is 4.98 Å². The van der Waals surface area contributed by atoms with Crippen molar-refractivity contribution in [2.24, 2.45) is 0 Å². The van der Waals surface area contributed by atoms with Crippen molar-refractivity contribution in [3.8, 4) is 11.8 Å². The van der Waals surface area contributed by atoms with Crippen LogP contribution >= 0.6 is 0 Å². The number of fused-ring (bicyclic) bond motifs is 1. The van der Waals surface area contributed by atoms with Crippen LogP contribution in [0.15, 0.2) is 36.5 Å². The summed E-state index contributed by atoms with van der Waals surface area (Å²) >= 11 is 0. The van der Waals surface area contributed by atoms with Gasteiger partial charge in [0.1, 0.15) is 0 Å². The molecular formula is C16H15NO2. The number of benzene rings is 1. The van der Waals surface area contributed by atoms with Gasteiger partial charge in [-0.2, -0.15) is 0 Å². The molecule has 0 bridgehead atoms. The van der Waals surface area contributed by atoms with Crippen molar-refractivity contribution >= 4 is 16.9 Å². The molecule has 0 N–H and O–H groups in total. The van der Waals surface area contributed by atoms with Crippen LogP contribution in [-0.4, -0.2) is 17.6 Å². The Hall–Kier alpha value is -2.34. The maximum atomic E-state index is 11.3. The van der Waals surface area contributed by atoms with Gasteiger partial charge in [0.2, 0.25) is 0 Å². The summed E-state index contributed by atoms with van der Waals surface area (Å²) in [4.78, 5) is 15.6. The molecule has 19 heavy (non-hydrogen) atoms. The highest BCUT2D eigenvalue weighted by Gasteiger charge is 1.97. The normalized spacial score (nSPS) is 9.74. The fourth-order valence-corrected chi connectivity index (χ4v) is 1.61. The van der Waals surface area contributed by atoms with E-state index >= 15 is 0 Å². The van der Waals surface area contributed by atoms with Crippen LogP contribution in [0.5, 0.6) is 0 Å². The van der Waals surface area contributed by atoms with Gasteiger partial charge in [0.05, 0.1) is 12.1 Å². The third-order valence-corrected chi connectivity index (χ3v) is 2.63. The highest BCUT2D eigenvalue weighted by Crippen LogP contribution is 2.11. The number of rotatable bonds is 3. The van der Waals surface area contributed by atoms with Crippen molar-refractivity contribution in [3.63, 3.8) is 0 Å². The third-order valence-electron chi connectivity index (χ3n) is 2.63. The van der Waals surface area contributed by atoms with Crippen LogP contribution in [0.3, 0.4) is 0 Å². The molecule has 96 valence electrons. The Kier molecular flexibility index (Phi) is 4.52. The second-order valence-electron chi connectivity index (χ2n) is 4.16. The zero-order valence-electron chi connectivity index (χ0n) is 10.8. The minimum Gasteiger partial charge on any atom is -0.456 e. The van der Waals surface area contributed by atoms with Crippen molar-refractivity contribution in [2.75, 3.05) is 6.61 Å². The molecule has 1 heterocycles. The molecule has 3 heteroatoms. The third kappa shape index (κ3) is 3.82. The van der Waals surface area contributed by atoms with E-state index < -0.39 is 5.97 Å². The van der Waals surface area contributed by atoms with Gasteiger partial charge in [-0.15, -0.1) is 0 Å². The summed E-state index contributed by atoms with van der Waals surface area (Å²) in [6.07, 6.45) is 3.52. The van der Waals surface area contributed by atoms with E-state index in [1.807, 2.05) is 37.3 Å². The molecule has 0 radical (unpaired) electrons. The fourth-order valence-electron chi connectivity index (χ4n) is 1.61. The summed E-state index contributed by atoms with van der Waals surface area (Å²) < 4.78 is 4.96. The molecule has 2 rings (SSSR count). The van der Waals surface area contributed by atoms with E-state index in [1.165, 1.54) is 0 Å². The SMILES string of the molecule is CCCCOC(=O)C#Cc1cnc2ccccc2c1. The highest BCUT2D eigenvalue weighted by atomic mass is 16.5. The molecule has 0 spiro atoms. The van der Waals surface area contributed by atoms with Crippen molar-refractivity contribution in [3.05, 3.63) is 42.1 Å². The first-order valence-corrected chi connectivity index (χ1v) is 6.33. The number of carbonyl (C=O) groups excluding carboxylic acids is 1. The van der Waals surface area contributed by atoms with Gasteiger partial charge in [0.25, 0.3) is 0 Å². The van der Waals surface area contributed by atoms with E-state index in [0.717, 1.165) is 23.7 Å². The van der Waals surface area contributed by atoms with Gasteiger partial charge >= 0.3 is 5.97 Å². The van der Waals surface area contributed by atoms with Crippen molar-refractivity contribution in [2.45, 2.75) is 19.8 Å². The topological polar surface area (TPSA) is 39.2 Å². The Morgan fingerprint density at radius 3 is 3.05 bits per heavy atom. The molecule has 1 aromatic carbocycles. The van der Waals surface area contributed by atoms with Crippen LogP contribution in [0, 0.1) is 11.8 Å². The largest absolute Gasteiger partial charge is 0.456 e. The maximum absolute atomic E-state index is 11.3. The Labute approximate surface area is 112 Å². The first-order chi connectivity index (χ1) is 9.29. The lowest BCUT2D eigenvalue weighted by Crippen LogP contribution is -2.02. The molecule has 0 saturated carbocycles. The van der Waals surface area contributed by atoms with Crippen molar-refractivity contribution in [1.29, 1.82) is 0 Å². The predicted molar refractivity (Wildman–Crippen MR) is 74.5 cm³/mol. The number of para-hydroxylation sites is 1. The molecule has 0 aliphatic carbocycles. The second kappa shape index (κ2) is 6.55. The minimum atomic E-state index is -0.485. The van der Waals surface area contributed by atoms with Crippen LogP contribution in [0.1, 0.15) is 25.3 Å². The molecule has 0 aliphatic rings. The van der Waals surface area contributed by atoms with Gasteiger partial charge in [-0.1, -0.05) is 37.5 Å². The predicted octanol–water partition coefficient (Wildman–Crippen LogP) is 2.93. The smallest absolute Gasteiger partial charge is 0.384 e. The number of esters is 1. The highest BCUT2D eigenvalue weighted by molar-refractivity contribution is 5.89. The lowest BCUT2D eigenvalue weighted by Gasteiger charge is -1.97. The number of aromatic nitrogens is 1. The summed E-state index contributed by atoms with van der Waals surface area (Å²) in [6, 6.07) is 9.69. The summed E-state index contributed by atoms with van der Waals surface area (Å²) in [7, 11) is 0. The number of hydrogen-bond donors (Lipinski definition) is 0. The quantitative estimate of drug-likeness (QED) is 0.479. The lowest BCUT2D eigenvalue weighted by molar-refractivity contribution is -0.136. The van der Waals surface area contributed by atoms with E-state index in [-0.39, 0.29) is 0 Å². The molecule has 0 fully saturated rings. The number of carbonyl (C=O) groups is 1. The van der Waals surface area contributed by atoms with E-state index in [9.17, 15) is 4.79 Å². The zero-order valence-corrected chi connectivity index (χ0v) is 10.8. The molecule has 0 aliphatic heterocycles. The standard InChI is InChI=1S/C16H15NO2/c1-2-3-10-19-16(18)9-8-13-11-14-6-4-5-7-15(14)17-12-13/h4-7,11-12H,2-3,10H2,1H3. The van der Waals surface area contributed by atoms with Gasteiger partial charge in [0, 0.05) is 23.1 Å². The average molecular weight is 253 g/mol. The molecule has 3 nitrogen and oxygen atoms in total. The molecule has 0 amide bonds. The van der Waals surface area contributed by atoms with E-state index in [1.54, 1.807) is 6.20 Å². The number of ether oxygens (including phenoxy) is 1. The van der Waals surface area contributed by atoms with E-state index in [0.29, 0.717) is 12.2 Å². The van der Waals surface area contributed by atoms with Gasteiger partial charge < -0.3 is 4.74 Å². The number of hydrogen-bond acceptors (Lipinski definition) is 3. The van der Waals surface area contributed by atoms with Crippen LogP contribution < -0.4 is 0 Å².